The second kappa shape index (κ2) is 9.23. The molecule has 0 spiro atoms. The number of aliphatic imine (C=N–C) groups is 2. The molecule has 1 aromatic carbocycles. The van der Waals surface area contributed by atoms with Crippen molar-refractivity contribution in [3.63, 3.8) is 0 Å². The van der Waals surface area contributed by atoms with E-state index in [-0.39, 0.29) is 29.6 Å². The second-order valence-corrected chi connectivity index (χ2v) is 4.86. The Balaban J connectivity index is 2.86. The summed E-state index contributed by atoms with van der Waals surface area (Å²) in [6.07, 6.45) is 2.16. The zero-order valence-electron chi connectivity index (χ0n) is 13.6. The van der Waals surface area contributed by atoms with Gasteiger partial charge in [-0.15, -0.1) is 0 Å². The van der Waals surface area contributed by atoms with Crippen LogP contribution in [0.3, 0.4) is 0 Å². The van der Waals surface area contributed by atoms with Crippen molar-refractivity contribution in [2.75, 3.05) is 20.8 Å². The van der Waals surface area contributed by atoms with Crippen molar-refractivity contribution in [3.8, 4) is 17.2 Å². The maximum Gasteiger partial charge on any atom is 0.328 e. The highest BCUT2D eigenvalue weighted by Gasteiger charge is 2.15. The number of methoxy groups -OCH3 is 2. The van der Waals surface area contributed by atoms with Gasteiger partial charge in [0, 0.05) is 12.8 Å². The first kappa shape index (κ1) is 19.1. The second-order valence-electron chi connectivity index (χ2n) is 4.86. The van der Waals surface area contributed by atoms with Crippen molar-refractivity contribution in [1.29, 1.82) is 0 Å². The zero-order valence-corrected chi connectivity index (χ0v) is 13.6. The largest absolute Gasteiger partial charge is 0.502 e. The van der Waals surface area contributed by atoms with Crippen LogP contribution in [0.5, 0.6) is 17.2 Å². The number of carboxylic acid groups (broad SMARTS) is 1. The lowest BCUT2D eigenvalue weighted by atomic mass is 10.1. The van der Waals surface area contributed by atoms with Gasteiger partial charge in [0.15, 0.2) is 17.5 Å². The van der Waals surface area contributed by atoms with Crippen molar-refractivity contribution in [2.45, 2.75) is 18.9 Å². The highest BCUT2D eigenvalue weighted by Crippen LogP contribution is 2.36. The standard InChI is InChI=1S/C15H22N4O5/c1-23-11-6-9(7-12(24-2)13(11)20)8-19-10(14(21)22)4-3-5-18-15(16)17/h6-8,10,20H,3-5H2,1-2H3,(H,21,22)(H4,16,17,18). The number of aliphatic carboxylic acids is 1. The van der Waals surface area contributed by atoms with Crippen LogP contribution in [0, 0.1) is 0 Å². The van der Waals surface area contributed by atoms with E-state index >= 15 is 0 Å². The molecule has 0 fully saturated rings. The summed E-state index contributed by atoms with van der Waals surface area (Å²) in [5.74, 6) is -0.808. The van der Waals surface area contributed by atoms with Crippen LogP contribution < -0.4 is 20.9 Å². The SMILES string of the molecule is COc1cc(C=NC(CCCN=C(N)N)C(=O)O)cc(OC)c1O. The van der Waals surface area contributed by atoms with Crippen LogP contribution in [0.25, 0.3) is 0 Å². The van der Waals surface area contributed by atoms with Gasteiger partial charge in [-0.2, -0.15) is 0 Å². The molecule has 6 N–H and O–H groups in total. The van der Waals surface area contributed by atoms with Gasteiger partial charge in [-0.05, 0) is 30.5 Å². The number of nitrogens with zero attached hydrogens (tertiary/aromatic N) is 2. The van der Waals surface area contributed by atoms with E-state index in [4.69, 9.17) is 20.9 Å². The quantitative estimate of drug-likeness (QED) is 0.287. The van der Waals surface area contributed by atoms with Crippen LogP contribution in [0.1, 0.15) is 18.4 Å². The number of nitrogens with two attached hydrogens (primary N) is 2. The molecule has 0 saturated heterocycles. The third kappa shape index (κ3) is 5.67. The van der Waals surface area contributed by atoms with E-state index in [0.29, 0.717) is 18.5 Å². The summed E-state index contributed by atoms with van der Waals surface area (Å²) in [7, 11) is 2.80. The monoisotopic (exact) mass is 338 g/mol. The highest BCUT2D eigenvalue weighted by molar-refractivity contribution is 5.85. The molecule has 24 heavy (non-hydrogen) atoms. The average molecular weight is 338 g/mol. The number of carboxylic acids is 1. The summed E-state index contributed by atoms with van der Waals surface area (Å²) in [6, 6.07) is 2.13. The van der Waals surface area contributed by atoms with Crippen molar-refractivity contribution in [1.82, 2.24) is 0 Å². The van der Waals surface area contributed by atoms with Gasteiger partial charge in [0.1, 0.15) is 6.04 Å². The lowest BCUT2D eigenvalue weighted by Crippen LogP contribution is -2.23. The minimum absolute atomic E-state index is 0.0336. The average Bonchev–Trinajstić information content (AvgIpc) is 2.54. The Morgan fingerprint density at radius 1 is 1.29 bits per heavy atom. The predicted molar refractivity (Wildman–Crippen MR) is 90.1 cm³/mol. The Labute approximate surface area is 139 Å². The fraction of sp³-hybridized carbons (Fsp3) is 0.400. The number of rotatable bonds is 9. The van der Waals surface area contributed by atoms with Crippen LogP contribution >= 0.6 is 0 Å². The molecule has 0 bridgehead atoms. The van der Waals surface area contributed by atoms with E-state index in [2.05, 4.69) is 9.98 Å². The molecule has 9 heteroatoms. The van der Waals surface area contributed by atoms with Gasteiger partial charge in [0.05, 0.1) is 14.2 Å². The first-order valence-corrected chi connectivity index (χ1v) is 7.15. The van der Waals surface area contributed by atoms with Gasteiger partial charge in [-0.25, -0.2) is 4.79 Å². The summed E-state index contributed by atoms with van der Waals surface area (Å²) >= 11 is 0. The van der Waals surface area contributed by atoms with E-state index in [0.717, 1.165) is 0 Å². The summed E-state index contributed by atoms with van der Waals surface area (Å²) in [5.41, 5.74) is 11.0. The fourth-order valence-electron chi connectivity index (χ4n) is 1.92. The molecule has 0 aliphatic rings. The van der Waals surface area contributed by atoms with Crippen LogP contribution in [-0.4, -0.2) is 55.2 Å². The van der Waals surface area contributed by atoms with Crippen LogP contribution in [0.15, 0.2) is 22.1 Å². The molecule has 0 aliphatic heterocycles. The highest BCUT2D eigenvalue weighted by atomic mass is 16.5. The van der Waals surface area contributed by atoms with E-state index in [1.54, 1.807) is 0 Å². The lowest BCUT2D eigenvalue weighted by Gasteiger charge is -2.10. The third-order valence-electron chi connectivity index (χ3n) is 3.12. The Kier molecular flexibility index (Phi) is 7.34. The van der Waals surface area contributed by atoms with E-state index < -0.39 is 12.0 Å². The number of phenolic OH excluding ortho intramolecular Hbond substituents is 1. The van der Waals surface area contributed by atoms with Gasteiger partial charge in [-0.3, -0.25) is 9.98 Å². The topological polar surface area (TPSA) is 153 Å². The van der Waals surface area contributed by atoms with Gasteiger partial charge >= 0.3 is 5.97 Å². The van der Waals surface area contributed by atoms with Crippen molar-refractivity contribution >= 4 is 18.1 Å². The summed E-state index contributed by atoms with van der Waals surface area (Å²) < 4.78 is 10.1. The molecule has 0 aromatic heterocycles. The normalized spacial score (nSPS) is 11.9. The first-order chi connectivity index (χ1) is 11.4. The molecule has 0 amide bonds. The third-order valence-corrected chi connectivity index (χ3v) is 3.12. The number of phenols is 1. The molecule has 132 valence electrons. The number of aromatic hydroxyl groups is 1. The van der Waals surface area contributed by atoms with Gasteiger partial charge in [-0.1, -0.05) is 0 Å². The number of benzene rings is 1. The molecule has 1 aromatic rings. The number of carbonyl (C=O) groups is 1. The molecular weight excluding hydrogens is 316 g/mol. The minimum atomic E-state index is -1.05. The number of guanidine groups is 1. The van der Waals surface area contributed by atoms with E-state index in [9.17, 15) is 15.0 Å². The maximum absolute atomic E-state index is 11.3. The number of hydrogen-bond acceptors (Lipinski definition) is 6. The van der Waals surface area contributed by atoms with Crippen LogP contribution in [0.2, 0.25) is 0 Å². The Bertz CT molecular complexity index is 601. The molecule has 1 unspecified atom stereocenters. The molecule has 0 saturated carbocycles. The summed E-state index contributed by atoms with van der Waals surface area (Å²) in [4.78, 5) is 19.1. The number of ether oxygens (including phenoxy) is 2. The summed E-state index contributed by atoms with van der Waals surface area (Å²) in [6.45, 7) is 0.336. The molecule has 1 atom stereocenters. The zero-order chi connectivity index (χ0) is 18.1. The minimum Gasteiger partial charge on any atom is -0.502 e. The van der Waals surface area contributed by atoms with Crippen LogP contribution in [0.4, 0.5) is 0 Å². The van der Waals surface area contributed by atoms with Crippen LogP contribution in [-0.2, 0) is 4.79 Å². The van der Waals surface area contributed by atoms with Gasteiger partial charge < -0.3 is 31.2 Å². The maximum atomic E-state index is 11.3. The Hall–Kier alpha value is -2.97. The van der Waals surface area contributed by atoms with Gasteiger partial charge in [0.25, 0.3) is 0 Å². The van der Waals surface area contributed by atoms with Crippen molar-refractivity contribution in [2.24, 2.45) is 21.5 Å². The molecular formula is C15H22N4O5. The first-order valence-electron chi connectivity index (χ1n) is 7.15. The Morgan fingerprint density at radius 2 is 1.88 bits per heavy atom. The molecule has 0 radical (unpaired) electrons. The molecule has 1 rings (SSSR count). The van der Waals surface area contributed by atoms with Crippen molar-refractivity contribution in [3.05, 3.63) is 17.7 Å². The smallest absolute Gasteiger partial charge is 0.328 e. The molecule has 0 aliphatic carbocycles. The Morgan fingerprint density at radius 3 is 2.33 bits per heavy atom. The molecule has 0 heterocycles. The predicted octanol–water partition coefficient (Wildman–Crippen LogP) is 0.335. The van der Waals surface area contributed by atoms with E-state index in [1.165, 1.54) is 32.6 Å². The molecule has 9 nitrogen and oxygen atoms in total. The van der Waals surface area contributed by atoms with Gasteiger partial charge in [0.2, 0.25) is 5.75 Å². The lowest BCUT2D eigenvalue weighted by molar-refractivity contribution is -0.138. The van der Waals surface area contributed by atoms with E-state index in [1.807, 2.05) is 0 Å². The van der Waals surface area contributed by atoms with Crippen molar-refractivity contribution < 1.29 is 24.5 Å². The fourth-order valence-corrected chi connectivity index (χ4v) is 1.92. The summed E-state index contributed by atoms with van der Waals surface area (Å²) in [5, 5.41) is 19.1. The number of hydrogen-bond donors (Lipinski definition) is 4.